The molecule has 0 N–H and O–H groups in total. The van der Waals surface area contributed by atoms with Gasteiger partial charge in [-0.1, -0.05) is 6.08 Å². The van der Waals surface area contributed by atoms with Crippen molar-refractivity contribution in [1.82, 2.24) is 4.90 Å². The molecule has 2 aliphatic heterocycles. The van der Waals surface area contributed by atoms with Crippen LogP contribution in [0.5, 0.6) is 0 Å². The van der Waals surface area contributed by atoms with E-state index in [1.54, 1.807) is 0 Å². The largest absolute Gasteiger partial charge is 0.348 e. The highest BCUT2D eigenvalue weighted by Gasteiger charge is 2.48. The summed E-state index contributed by atoms with van der Waals surface area (Å²) in [5, 5.41) is 0. The molecule has 1 unspecified atom stereocenters. The Bertz CT molecular complexity index is 201. The molecule has 12 heavy (non-hydrogen) atoms. The highest BCUT2D eigenvalue weighted by molar-refractivity contribution is 5.85. The van der Waals surface area contributed by atoms with E-state index in [4.69, 9.17) is 4.74 Å². The third-order valence-corrected chi connectivity index (χ3v) is 2.16. The standard InChI is InChI=1S/C8H12N2O.ClH/c1-2-3-8(6-11-8)10-5-4-9-7-10;/h2,7H,1,3-6H2;1H. The van der Waals surface area contributed by atoms with Gasteiger partial charge in [-0.3, -0.25) is 4.99 Å². The topological polar surface area (TPSA) is 28.1 Å². The summed E-state index contributed by atoms with van der Waals surface area (Å²) in [4.78, 5) is 6.30. The second-order valence-electron chi connectivity index (χ2n) is 2.94. The highest BCUT2D eigenvalue weighted by atomic mass is 35.5. The van der Waals surface area contributed by atoms with Gasteiger partial charge in [0.25, 0.3) is 0 Å². The Hall–Kier alpha value is -0.540. The molecule has 0 bridgehead atoms. The SMILES string of the molecule is C=CCC1(N2C=NCC2)CO1.Cl. The summed E-state index contributed by atoms with van der Waals surface area (Å²) in [7, 11) is 0. The maximum atomic E-state index is 5.38. The molecule has 0 saturated carbocycles. The van der Waals surface area contributed by atoms with Gasteiger partial charge in [-0.05, 0) is 0 Å². The van der Waals surface area contributed by atoms with Crippen molar-refractivity contribution in [3.63, 3.8) is 0 Å². The van der Waals surface area contributed by atoms with E-state index in [1.807, 2.05) is 12.4 Å². The van der Waals surface area contributed by atoms with Crippen molar-refractivity contribution in [2.24, 2.45) is 4.99 Å². The lowest BCUT2D eigenvalue weighted by Crippen LogP contribution is -2.35. The Morgan fingerprint density at radius 2 is 2.50 bits per heavy atom. The minimum absolute atomic E-state index is 0. The Morgan fingerprint density at radius 1 is 1.75 bits per heavy atom. The van der Waals surface area contributed by atoms with E-state index in [9.17, 15) is 0 Å². The molecule has 68 valence electrons. The fourth-order valence-electron chi connectivity index (χ4n) is 1.40. The second-order valence-corrected chi connectivity index (χ2v) is 2.94. The van der Waals surface area contributed by atoms with Crippen LogP contribution in [0.3, 0.4) is 0 Å². The lowest BCUT2D eigenvalue weighted by molar-refractivity contribution is 0.164. The van der Waals surface area contributed by atoms with Gasteiger partial charge < -0.3 is 9.64 Å². The molecule has 1 atom stereocenters. The van der Waals surface area contributed by atoms with Crippen LogP contribution in [0.1, 0.15) is 6.42 Å². The van der Waals surface area contributed by atoms with Crippen LogP contribution in [0.25, 0.3) is 0 Å². The van der Waals surface area contributed by atoms with E-state index in [1.165, 1.54) is 0 Å². The van der Waals surface area contributed by atoms with Gasteiger partial charge in [0.15, 0.2) is 5.72 Å². The fourth-order valence-corrected chi connectivity index (χ4v) is 1.40. The molecule has 0 aromatic rings. The maximum absolute atomic E-state index is 5.38. The normalized spacial score (nSPS) is 31.5. The van der Waals surface area contributed by atoms with E-state index < -0.39 is 0 Å². The molecule has 2 aliphatic rings. The number of rotatable bonds is 3. The van der Waals surface area contributed by atoms with Crippen molar-refractivity contribution < 1.29 is 4.74 Å². The van der Waals surface area contributed by atoms with Crippen molar-refractivity contribution in [3.05, 3.63) is 12.7 Å². The van der Waals surface area contributed by atoms with Crippen molar-refractivity contribution in [2.75, 3.05) is 19.7 Å². The number of nitrogens with zero attached hydrogens (tertiary/aromatic N) is 2. The molecule has 0 spiro atoms. The number of hydrogen-bond acceptors (Lipinski definition) is 3. The van der Waals surface area contributed by atoms with Gasteiger partial charge in [-0.25, -0.2) is 0 Å². The number of aliphatic imine (C=N–C) groups is 1. The smallest absolute Gasteiger partial charge is 0.169 e. The summed E-state index contributed by atoms with van der Waals surface area (Å²) in [6, 6.07) is 0. The number of ether oxygens (including phenoxy) is 1. The van der Waals surface area contributed by atoms with Gasteiger partial charge >= 0.3 is 0 Å². The molecule has 0 radical (unpaired) electrons. The maximum Gasteiger partial charge on any atom is 0.169 e. The predicted molar refractivity (Wildman–Crippen MR) is 50.8 cm³/mol. The van der Waals surface area contributed by atoms with E-state index in [0.29, 0.717) is 0 Å². The van der Waals surface area contributed by atoms with Crippen LogP contribution in [0.2, 0.25) is 0 Å². The van der Waals surface area contributed by atoms with Gasteiger partial charge in [0.2, 0.25) is 0 Å². The van der Waals surface area contributed by atoms with Crippen molar-refractivity contribution in [2.45, 2.75) is 12.1 Å². The molecule has 1 saturated heterocycles. The molecule has 0 aromatic heterocycles. The third-order valence-electron chi connectivity index (χ3n) is 2.16. The van der Waals surface area contributed by atoms with Crippen LogP contribution in [-0.4, -0.2) is 36.7 Å². The molecule has 1 fully saturated rings. The third kappa shape index (κ3) is 1.47. The van der Waals surface area contributed by atoms with Gasteiger partial charge in [-0.2, -0.15) is 0 Å². The zero-order valence-electron chi connectivity index (χ0n) is 6.90. The molecule has 4 heteroatoms. The van der Waals surface area contributed by atoms with Crippen LogP contribution in [0.4, 0.5) is 0 Å². The average Bonchev–Trinajstić information content (AvgIpc) is 2.63. The van der Waals surface area contributed by atoms with E-state index in [2.05, 4.69) is 16.5 Å². The lowest BCUT2D eigenvalue weighted by atomic mass is 10.2. The van der Waals surface area contributed by atoms with E-state index >= 15 is 0 Å². The predicted octanol–water partition coefficient (Wildman–Crippen LogP) is 1.05. The summed E-state index contributed by atoms with van der Waals surface area (Å²) >= 11 is 0. The fraction of sp³-hybridized carbons (Fsp3) is 0.625. The first-order chi connectivity index (χ1) is 5.37. The van der Waals surface area contributed by atoms with Gasteiger partial charge in [-0.15, -0.1) is 19.0 Å². The highest BCUT2D eigenvalue weighted by Crippen LogP contribution is 2.35. The zero-order valence-corrected chi connectivity index (χ0v) is 7.72. The van der Waals surface area contributed by atoms with Crippen molar-refractivity contribution in [1.29, 1.82) is 0 Å². The molecule has 3 nitrogen and oxygen atoms in total. The van der Waals surface area contributed by atoms with Crippen LogP contribution < -0.4 is 0 Å². The zero-order chi connectivity index (χ0) is 7.73. The van der Waals surface area contributed by atoms with E-state index in [0.717, 1.165) is 26.1 Å². The first kappa shape index (κ1) is 9.55. The summed E-state index contributed by atoms with van der Waals surface area (Å²) in [6.45, 7) is 6.43. The van der Waals surface area contributed by atoms with Crippen LogP contribution in [0, 0.1) is 0 Å². The van der Waals surface area contributed by atoms with Crippen molar-refractivity contribution >= 4 is 18.7 Å². The van der Waals surface area contributed by atoms with Gasteiger partial charge in [0, 0.05) is 13.0 Å². The van der Waals surface area contributed by atoms with Crippen LogP contribution in [-0.2, 0) is 4.74 Å². The Balaban J connectivity index is 0.000000720. The minimum atomic E-state index is -0.0538. The summed E-state index contributed by atoms with van der Waals surface area (Å²) < 4.78 is 5.38. The van der Waals surface area contributed by atoms with Gasteiger partial charge in [0.1, 0.15) is 0 Å². The minimum Gasteiger partial charge on any atom is -0.348 e. The second kappa shape index (κ2) is 3.46. The Labute approximate surface area is 78.5 Å². The van der Waals surface area contributed by atoms with Crippen molar-refractivity contribution in [3.8, 4) is 0 Å². The first-order valence-electron chi connectivity index (χ1n) is 3.89. The average molecular weight is 189 g/mol. The summed E-state index contributed by atoms with van der Waals surface area (Å²) in [5.41, 5.74) is -0.0538. The summed E-state index contributed by atoms with van der Waals surface area (Å²) in [5.74, 6) is 0. The molecule has 2 heterocycles. The Morgan fingerprint density at radius 3 is 2.92 bits per heavy atom. The van der Waals surface area contributed by atoms with Crippen LogP contribution >= 0.6 is 12.4 Å². The molecule has 0 amide bonds. The van der Waals surface area contributed by atoms with Gasteiger partial charge in [0.05, 0.1) is 19.5 Å². The molecular weight excluding hydrogens is 176 g/mol. The number of hydrogen-bond donors (Lipinski definition) is 0. The van der Waals surface area contributed by atoms with Crippen LogP contribution in [0.15, 0.2) is 17.6 Å². The molecule has 0 aromatic carbocycles. The summed E-state index contributed by atoms with van der Waals surface area (Å²) in [6.07, 6.45) is 4.69. The number of epoxide rings is 1. The molecule has 0 aliphatic carbocycles. The molecule has 2 rings (SSSR count). The first-order valence-corrected chi connectivity index (χ1v) is 3.89. The monoisotopic (exact) mass is 188 g/mol. The Kier molecular flexibility index (Phi) is 2.75. The van der Waals surface area contributed by atoms with E-state index in [-0.39, 0.29) is 18.1 Å². The number of halogens is 1. The molecular formula is C8H13ClN2O. The lowest BCUT2D eigenvalue weighted by Gasteiger charge is -2.21. The quantitative estimate of drug-likeness (QED) is 0.489.